The third-order valence-corrected chi connectivity index (χ3v) is 3.83. The van der Waals surface area contributed by atoms with Crippen molar-refractivity contribution in [1.29, 1.82) is 0 Å². The fraction of sp³-hybridized carbons (Fsp3) is 0.778. The molecule has 0 unspecified atom stereocenters. The van der Waals surface area contributed by atoms with Gasteiger partial charge >= 0.3 is 0 Å². The standard InChI is InChI=1S/C9H12/c1-9-5-8(9)6-2-3-7(9)4-6/h2-3,6-8H,4-5H2,1H3/t6-,7+,8-,9+/m1/s1. The van der Waals surface area contributed by atoms with Crippen molar-refractivity contribution in [2.45, 2.75) is 19.8 Å². The third kappa shape index (κ3) is 0.331. The van der Waals surface area contributed by atoms with E-state index >= 15 is 0 Å². The van der Waals surface area contributed by atoms with Crippen molar-refractivity contribution in [2.75, 3.05) is 0 Å². The maximum atomic E-state index is 2.46. The van der Waals surface area contributed by atoms with Gasteiger partial charge in [0, 0.05) is 0 Å². The Morgan fingerprint density at radius 1 is 1.44 bits per heavy atom. The number of rotatable bonds is 0. The van der Waals surface area contributed by atoms with Gasteiger partial charge in [-0.25, -0.2) is 0 Å². The molecular weight excluding hydrogens is 108 g/mol. The van der Waals surface area contributed by atoms with E-state index in [1.165, 1.54) is 12.8 Å². The lowest BCUT2D eigenvalue weighted by atomic mass is 9.93. The average Bonchev–Trinajstić information content (AvgIpc) is 2.34. The predicted molar refractivity (Wildman–Crippen MR) is 37.0 cm³/mol. The molecule has 4 atom stereocenters. The Hall–Kier alpha value is -0.260. The van der Waals surface area contributed by atoms with Crippen molar-refractivity contribution in [2.24, 2.45) is 23.2 Å². The summed E-state index contributed by atoms with van der Waals surface area (Å²) in [7, 11) is 0. The van der Waals surface area contributed by atoms with Gasteiger partial charge in [-0.3, -0.25) is 0 Å². The molecule has 2 bridgehead atoms. The largest absolute Gasteiger partial charge is 0.0848 e. The molecule has 0 heteroatoms. The molecule has 0 heterocycles. The van der Waals surface area contributed by atoms with Crippen molar-refractivity contribution in [1.82, 2.24) is 0 Å². The molecule has 0 nitrogen and oxygen atoms in total. The minimum Gasteiger partial charge on any atom is -0.0848 e. The highest BCUT2D eigenvalue weighted by atomic mass is 14.7. The first-order valence-electron chi connectivity index (χ1n) is 3.99. The molecule has 0 radical (unpaired) electrons. The van der Waals surface area contributed by atoms with Gasteiger partial charge in [0.05, 0.1) is 0 Å². The topological polar surface area (TPSA) is 0 Å². The van der Waals surface area contributed by atoms with Crippen LogP contribution in [0.15, 0.2) is 12.2 Å². The van der Waals surface area contributed by atoms with Gasteiger partial charge in [0.1, 0.15) is 0 Å². The number of hydrogen-bond donors (Lipinski definition) is 0. The van der Waals surface area contributed by atoms with E-state index in [2.05, 4.69) is 19.1 Å². The van der Waals surface area contributed by atoms with E-state index in [4.69, 9.17) is 0 Å². The lowest BCUT2D eigenvalue weighted by molar-refractivity contribution is 0.437. The second-order valence-electron chi connectivity index (χ2n) is 4.21. The SMILES string of the molecule is C[C@@]12C[C@@H]1[C@@H]1C=C[C@H]2C1. The first kappa shape index (κ1) is 4.54. The van der Waals surface area contributed by atoms with Crippen LogP contribution in [0.1, 0.15) is 19.8 Å². The number of allylic oxidation sites excluding steroid dienone is 2. The van der Waals surface area contributed by atoms with Crippen LogP contribution in [0, 0.1) is 23.2 Å². The number of fused-ring (bicyclic) bond motifs is 5. The minimum absolute atomic E-state index is 0.791. The van der Waals surface area contributed by atoms with Crippen LogP contribution in [-0.2, 0) is 0 Å². The van der Waals surface area contributed by atoms with E-state index in [0.29, 0.717) is 0 Å². The summed E-state index contributed by atoms with van der Waals surface area (Å²) in [5.41, 5.74) is 0.791. The summed E-state index contributed by atoms with van der Waals surface area (Å²) in [6.45, 7) is 2.46. The normalized spacial score (nSPS) is 66.6. The summed E-state index contributed by atoms with van der Waals surface area (Å²) in [5.74, 6) is 3.08. The van der Waals surface area contributed by atoms with E-state index in [0.717, 1.165) is 23.2 Å². The highest BCUT2D eigenvalue weighted by molar-refractivity contribution is 5.25. The smallest absolute Gasteiger partial charge is 0.0171 e. The molecule has 2 saturated carbocycles. The maximum absolute atomic E-state index is 2.46. The van der Waals surface area contributed by atoms with Crippen LogP contribution < -0.4 is 0 Å². The summed E-state index contributed by atoms with van der Waals surface area (Å²) < 4.78 is 0. The first-order valence-corrected chi connectivity index (χ1v) is 3.99. The molecule has 0 aromatic heterocycles. The monoisotopic (exact) mass is 120 g/mol. The quantitative estimate of drug-likeness (QED) is 0.430. The molecule has 0 aromatic carbocycles. The van der Waals surface area contributed by atoms with E-state index in [9.17, 15) is 0 Å². The highest BCUT2D eigenvalue weighted by Gasteiger charge is 2.64. The molecule has 0 aliphatic heterocycles. The van der Waals surface area contributed by atoms with E-state index < -0.39 is 0 Å². The van der Waals surface area contributed by atoms with Crippen molar-refractivity contribution in [3.63, 3.8) is 0 Å². The van der Waals surface area contributed by atoms with Gasteiger partial charge in [-0.1, -0.05) is 19.1 Å². The highest BCUT2D eigenvalue weighted by Crippen LogP contribution is 2.71. The fourth-order valence-corrected chi connectivity index (χ4v) is 3.00. The molecule has 9 heavy (non-hydrogen) atoms. The van der Waals surface area contributed by atoms with Crippen molar-refractivity contribution in [3.8, 4) is 0 Å². The van der Waals surface area contributed by atoms with Gasteiger partial charge in [0.15, 0.2) is 0 Å². The van der Waals surface area contributed by atoms with E-state index in [1.54, 1.807) is 0 Å². The summed E-state index contributed by atoms with van der Waals surface area (Å²) >= 11 is 0. The van der Waals surface area contributed by atoms with Crippen LogP contribution >= 0.6 is 0 Å². The van der Waals surface area contributed by atoms with Crippen molar-refractivity contribution in [3.05, 3.63) is 12.2 Å². The van der Waals surface area contributed by atoms with Crippen LogP contribution in [0.4, 0.5) is 0 Å². The van der Waals surface area contributed by atoms with Crippen LogP contribution in [0.5, 0.6) is 0 Å². The molecule has 0 aromatic rings. The number of hydrogen-bond acceptors (Lipinski definition) is 0. The van der Waals surface area contributed by atoms with Gasteiger partial charge in [-0.05, 0) is 36.0 Å². The Kier molecular flexibility index (Phi) is 0.505. The molecule has 48 valence electrons. The zero-order valence-corrected chi connectivity index (χ0v) is 5.80. The van der Waals surface area contributed by atoms with E-state index in [-0.39, 0.29) is 0 Å². The fourth-order valence-electron chi connectivity index (χ4n) is 3.00. The molecule has 3 aliphatic carbocycles. The van der Waals surface area contributed by atoms with Gasteiger partial charge < -0.3 is 0 Å². The van der Waals surface area contributed by atoms with E-state index in [1.807, 2.05) is 0 Å². The molecule has 0 spiro atoms. The van der Waals surface area contributed by atoms with Crippen molar-refractivity contribution < 1.29 is 0 Å². The van der Waals surface area contributed by atoms with Gasteiger partial charge in [0.25, 0.3) is 0 Å². The zero-order valence-electron chi connectivity index (χ0n) is 5.80. The zero-order chi connectivity index (χ0) is 6.06. The van der Waals surface area contributed by atoms with Crippen LogP contribution in [-0.4, -0.2) is 0 Å². The molecular formula is C9H12. The van der Waals surface area contributed by atoms with Gasteiger partial charge in [-0.2, -0.15) is 0 Å². The van der Waals surface area contributed by atoms with Crippen LogP contribution in [0.25, 0.3) is 0 Å². The Morgan fingerprint density at radius 2 is 2.33 bits per heavy atom. The predicted octanol–water partition coefficient (Wildman–Crippen LogP) is 2.22. The molecule has 2 fully saturated rings. The average molecular weight is 120 g/mol. The molecule has 0 amide bonds. The van der Waals surface area contributed by atoms with Crippen LogP contribution in [0.2, 0.25) is 0 Å². The molecule has 3 rings (SSSR count). The molecule has 0 N–H and O–H groups in total. The lowest BCUT2D eigenvalue weighted by Gasteiger charge is -2.11. The second kappa shape index (κ2) is 1.00. The molecule has 0 saturated heterocycles. The Morgan fingerprint density at radius 3 is 2.78 bits per heavy atom. The van der Waals surface area contributed by atoms with Gasteiger partial charge in [0.2, 0.25) is 0 Å². The first-order chi connectivity index (χ1) is 4.31. The summed E-state index contributed by atoms with van der Waals surface area (Å²) in [6.07, 6.45) is 7.91. The summed E-state index contributed by atoms with van der Waals surface area (Å²) in [6, 6.07) is 0. The Labute approximate surface area is 56.0 Å². The summed E-state index contributed by atoms with van der Waals surface area (Å²) in [4.78, 5) is 0. The maximum Gasteiger partial charge on any atom is -0.0171 e. The minimum atomic E-state index is 0.791. The molecule has 3 aliphatic rings. The van der Waals surface area contributed by atoms with Crippen LogP contribution in [0.3, 0.4) is 0 Å². The lowest BCUT2D eigenvalue weighted by Crippen LogP contribution is -2.04. The Balaban J connectivity index is 2.12. The third-order valence-electron chi connectivity index (χ3n) is 3.83. The van der Waals surface area contributed by atoms with Gasteiger partial charge in [-0.15, -0.1) is 0 Å². The Bertz CT molecular complexity index is 192. The van der Waals surface area contributed by atoms with Crippen molar-refractivity contribution >= 4 is 0 Å². The second-order valence-corrected chi connectivity index (χ2v) is 4.21. The summed E-state index contributed by atoms with van der Waals surface area (Å²) in [5, 5.41) is 0.